The van der Waals surface area contributed by atoms with E-state index >= 15 is 0 Å². The van der Waals surface area contributed by atoms with E-state index in [1.807, 2.05) is 6.92 Å². The number of carbonyl (C=O) groups excluding carboxylic acids is 1. The quantitative estimate of drug-likeness (QED) is 0.902. The minimum Gasteiger partial charge on any atom is -0.331 e. The molecule has 2 rings (SSSR count). The van der Waals surface area contributed by atoms with Gasteiger partial charge in [0.15, 0.2) is 9.84 Å². The molecule has 0 bridgehead atoms. The topological polar surface area (TPSA) is 66.5 Å². The SMILES string of the molecule is Cc1cc([C@H](C)NC(=O)N2CCS(=O)(=O)CC2)cc(C)c1F. The highest BCUT2D eigenvalue weighted by atomic mass is 32.2. The van der Waals surface area contributed by atoms with Crippen LogP contribution in [-0.2, 0) is 9.84 Å². The highest BCUT2D eigenvalue weighted by Crippen LogP contribution is 2.20. The lowest BCUT2D eigenvalue weighted by molar-refractivity contribution is 0.199. The Balaban J connectivity index is 2.03. The molecule has 2 amide bonds. The summed E-state index contributed by atoms with van der Waals surface area (Å²) in [7, 11) is -3.01. The summed E-state index contributed by atoms with van der Waals surface area (Å²) in [5.74, 6) is -0.226. The molecular weight excluding hydrogens is 307 g/mol. The largest absolute Gasteiger partial charge is 0.331 e. The zero-order valence-corrected chi connectivity index (χ0v) is 13.8. The fraction of sp³-hybridized carbons (Fsp3) is 0.533. The second-order valence-electron chi connectivity index (χ2n) is 5.78. The highest BCUT2D eigenvalue weighted by Gasteiger charge is 2.25. The summed E-state index contributed by atoms with van der Waals surface area (Å²) in [4.78, 5) is 13.7. The summed E-state index contributed by atoms with van der Waals surface area (Å²) in [5, 5.41) is 2.84. The van der Waals surface area contributed by atoms with Gasteiger partial charge in [-0.3, -0.25) is 0 Å². The lowest BCUT2D eigenvalue weighted by Crippen LogP contribution is -2.48. The van der Waals surface area contributed by atoms with Crippen molar-refractivity contribution in [3.63, 3.8) is 0 Å². The molecule has 1 heterocycles. The van der Waals surface area contributed by atoms with E-state index in [2.05, 4.69) is 5.32 Å². The van der Waals surface area contributed by atoms with Gasteiger partial charge in [-0.1, -0.05) is 12.1 Å². The first kappa shape index (κ1) is 16.7. The molecule has 1 aromatic rings. The van der Waals surface area contributed by atoms with E-state index in [4.69, 9.17) is 0 Å². The van der Waals surface area contributed by atoms with Gasteiger partial charge in [0, 0.05) is 13.1 Å². The summed E-state index contributed by atoms with van der Waals surface area (Å²) in [6.45, 7) is 5.63. The van der Waals surface area contributed by atoms with Crippen LogP contribution in [0.5, 0.6) is 0 Å². The number of urea groups is 1. The fourth-order valence-corrected chi connectivity index (χ4v) is 3.71. The van der Waals surface area contributed by atoms with Crippen molar-refractivity contribution in [3.05, 3.63) is 34.6 Å². The van der Waals surface area contributed by atoms with Gasteiger partial charge in [0.05, 0.1) is 17.5 Å². The molecule has 0 unspecified atom stereocenters. The second-order valence-corrected chi connectivity index (χ2v) is 8.08. The van der Waals surface area contributed by atoms with E-state index in [0.717, 1.165) is 5.56 Å². The first-order chi connectivity index (χ1) is 10.2. The van der Waals surface area contributed by atoms with Gasteiger partial charge in [-0.05, 0) is 37.5 Å². The molecule has 1 fully saturated rings. The van der Waals surface area contributed by atoms with Gasteiger partial charge in [0.1, 0.15) is 5.82 Å². The molecule has 1 aliphatic heterocycles. The molecule has 0 spiro atoms. The van der Waals surface area contributed by atoms with Crippen LogP contribution in [0.3, 0.4) is 0 Å². The second kappa shape index (κ2) is 6.24. The Labute approximate surface area is 130 Å². The minimum absolute atomic E-state index is 0.00354. The smallest absolute Gasteiger partial charge is 0.317 e. The monoisotopic (exact) mass is 328 g/mol. The molecule has 1 aliphatic rings. The first-order valence-corrected chi connectivity index (χ1v) is 9.04. The molecule has 1 N–H and O–H groups in total. The van der Waals surface area contributed by atoms with E-state index < -0.39 is 9.84 Å². The van der Waals surface area contributed by atoms with Crippen LogP contribution in [0.15, 0.2) is 12.1 Å². The number of carbonyl (C=O) groups is 1. The van der Waals surface area contributed by atoms with Crippen LogP contribution >= 0.6 is 0 Å². The van der Waals surface area contributed by atoms with Crippen molar-refractivity contribution in [3.8, 4) is 0 Å². The normalized spacial score (nSPS) is 18.8. The Hall–Kier alpha value is -1.63. The first-order valence-electron chi connectivity index (χ1n) is 7.22. The summed E-state index contributed by atoms with van der Waals surface area (Å²) in [6, 6.07) is 2.87. The maximum absolute atomic E-state index is 13.6. The van der Waals surface area contributed by atoms with Gasteiger partial charge in [-0.15, -0.1) is 0 Å². The van der Waals surface area contributed by atoms with Crippen molar-refractivity contribution in [1.29, 1.82) is 0 Å². The average Bonchev–Trinajstić information content (AvgIpc) is 2.43. The zero-order valence-electron chi connectivity index (χ0n) is 13.0. The Morgan fingerprint density at radius 3 is 2.23 bits per heavy atom. The van der Waals surface area contributed by atoms with Crippen molar-refractivity contribution in [2.24, 2.45) is 0 Å². The maximum Gasteiger partial charge on any atom is 0.317 e. The molecule has 0 aromatic heterocycles. The summed E-state index contributed by atoms with van der Waals surface area (Å²) in [6.07, 6.45) is 0. The molecule has 1 saturated heterocycles. The lowest BCUT2D eigenvalue weighted by Gasteiger charge is -2.28. The van der Waals surface area contributed by atoms with Crippen LogP contribution < -0.4 is 5.32 Å². The van der Waals surface area contributed by atoms with Crippen LogP contribution in [0.25, 0.3) is 0 Å². The minimum atomic E-state index is -3.01. The number of hydrogen-bond donors (Lipinski definition) is 1. The van der Waals surface area contributed by atoms with E-state index in [1.54, 1.807) is 26.0 Å². The number of amides is 2. The number of halogens is 1. The molecule has 22 heavy (non-hydrogen) atoms. The van der Waals surface area contributed by atoms with Gasteiger partial charge in [-0.2, -0.15) is 0 Å². The summed E-state index contributed by atoms with van der Waals surface area (Å²) in [5.41, 5.74) is 1.91. The predicted molar refractivity (Wildman–Crippen MR) is 83.0 cm³/mol. The Kier molecular flexibility index (Phi) is 4.75. The molecule has 1 atom stereocenters. The van der Waals surface area contributed by atoms with Gasteiger partial charge in [0.2, 0.25) is 0 Å². The number of nitrogens with one attached hydrogen (secondary N) is 1. The number of nitrogens with zero attached hydrogens (tertiary/aromatic N) is 1. The highest BCUT2D eigenvalue weighted by molar-refractivity contribution is 7.91. The van der Waals surface area contributed by atoms with Gasteiger partial charge in [-0.25, -0.2) is 17.6 Å². The fourth-order valence-electron chi connectivity index (χ4n) is 2.50. The summed E-state index contributed by atoms with van der Waals surface area (Å²) < 4.78 is 36.4. The standard InChI is InChI=1S/C15H21FN2O3S/c1-10-8-13(9-11(2)14(10)16)12(3)17-15(19)18-4-6-22(20,21)7-5-18/h8-9,12H,4-7H2,1-3H3,(H,17,19)/t12-/m0/s1. The number of hydrogen-bond acceptors (Lipinski definition) is 3. The Bertz CT molecular complexity index is 651. The van der Waals surface area contributed by atoms with Gasteiger partial charge < -0.3 is 10.2 Å². The molecule has 0 aliphatic carbocycles. The third-order valence-corrected chi connectivity index (χ3v) is 5.54. The molecule has 7 heteroatoms. The van der Waals surface area contributed by atoms with Crippen molar-refractivity contribution >= 4 is 15.9 Å². The number of aryl methyl sites for hydroxylation is 2. The summed E-state index contributed by atoms with van der Waals surface area (Å²) >= 11 is 0. The molecule has 0 radical (unpaired) electrons. The molecular formula is C15H21FN2O3S. The number of rotatable bonds is 2. The van der Waals surface area contributed by atoms with Crippen LogP contribution in [-0.4, -0.2) is 43.9 Å². The van der Waals surface area contributed by atoms with E-state index in [0.29, 0.717) is 11.1 Å². The van der Waals surface area contributed by atoms with Crippen LogP contribution in [0.1, 0.15) is 29.7 Å². The van der Waals surface area contributed by atoms with Crippen molar-refractivity contribution in [2.75, 3.05) is 24.6 Å². The molecule has 122 valence electrons. The maximum atomic E-state index is 13.6. The van der Waals surface area contributed by atoms with E-state index in [9.17, 15) is 17.6 Å². The van der Waals surface area contributed by atoms with Crippen LogP contribution in [0, 0.1) is 19.7 Å². The van der Waals surface area contributed by atoms with Crippen LogP contribution in [0.2, 0.25) is 0 Å². The Morgan fingerprint density at radius 1 is 1.23 bits per heavy atom. The molecule has 1 aromatic carbocycles. The predicted octanol–water partition coefficient (Wildman–Crippen LogP) is 1.94. The van der Waals surface area contributed by atoms with Crippen molar-refractivity contribution in [1.82, 2.24) is 10.2 Å². The van der Waals surface area contributed by atoms with E-state index in [1.165, 1.54) is 4.90 Å². The van der Waals surface area contributed by atoms with Crippen molar-refractivity contribution in [2.45, 2.75) is 26.8 Å². The third-order valence-electron chi connectivity index (χ3n) is 3.93. The third kappa shape index (κ3) is 3.76. The van der Waals surface area contributed by atoms with Crippen molar-refractivity contribution < 1.29 is 17.6 Å². The van der Waals surface area contributed by atoms with Crippen LogP contribution in [0.4, 0.5) is 9.18 Å². The number of sulfone groups is 1. The molecule has 0 saturated carbocycles. The molecule has 5 nitrogen and oxygen atoms in total. The zero-order chi connectivity index (χ0) is 16.5. The van der Waals surface area contributed by atoms with Gasteiger partial charge >= 0.3 is 6.03 Å². The number of benzene rings is 1. The average molecular weight is 328 g/mol. The lowest BCUT2D eigenvalue weighted by atomic mass is 10.0. The van der Waals surface area contributed by atoms with Gasteiger partial charge in [0.25, 0.3) is 0 Å². The van der Waals surface area contributed by atoms with E-state index in [-0.39, 0.29) is 42.5 Å². The Morgan fingerprint density at radius 2 is 1.73 bits per heavy atom.